The minimum atomic E-state index is -0.956. The van der Waals surface area contributed by atoms with Crippen LogP contribution in [-0.2, 0) is 4.79 Å². The Balaban J connectivity index is 1.30. The van der Waals surface area contributed by atoms with Gasteiger partial charge in [0.15, 0.2) is 0 Å². The fraction of sp³-hybridized carbons (Fsp3) is 0.538. The van der Waals surface area contributed by atoms with Gasteiger partial charge in [-0.2, -0.15) is 0 Å². The first-order valence-electron chi connectivity index (χ1n) is 17.9. The molecular formula is C39H49N5O2. The van der Waals surface area contributed by atoms with E-state index in [1.165, 1.54) is 31.3 Å². The normalized spacial score (nSPS) is 34.7. The molecule has 7 heteroatoms. The predicted molar refractivity (Wildman–Crippen MR) is 187 cm³/mol. The number of pyridine rings is 1. The number of anilines is 1. The van der Waals surface area contributed by atoms with Gasteiger partial charge in [-0.05, 0) is 126 Å². The maximum atomic E-state index is 13.2. The minimum absolute atomic E-state index is 0.0127. The second kappa shape index (κ2) is 12.1. The number of nitrogens with zero attached hydrogens (tertiary/aromatic N) is 3. The molecule has 1 aromatic carbocycles. The molecule has 4 aliphatic heterocycles. The Labute approximate surface area is 272 Å². The largest absolute Gasteiger partial charge is 0.384 e. The van der Waals surface area contributed by atoms with Gasteiger partial charge in [0.25, 0.3) is 0 Å². The zero-order valence-electron chi connectivity index (χ0n) is 27.3. The van der Waals surface area contributed by atoms with Crippen LogP contribution in [0.5, 0.6) is 0 Å². The number of aromatic nitrogens is 2. The molecule has 8 rings (SSSR count). The zero-order chi connectivity index (χ0) is 31.3. The number of aromatic amines is 1. The lowest BCUT2D eigenvalue weighted by atomic mass is 9.54. The summed E-state index contributed by atoms with van der Waals surface area (Å²) in [4.78, 5) is 26.5. The Bertz CT molecular complexity index is 1720. The summed E-state index contributed by atoms with van der Waals surface area (Å²) in [6.07, 6.45) is 25.2. The molecule has 7 nitrogen and oxygen atoms in total. The van der Waals surface area contributed by atoms with Crippen molar-refractivity contribution < 1.29 is 9.90 Å². The second-order valence-corrected chi connectivity index (χ2v) is 14.7. The maximum Gasteiger partial charge on any atom is 0.224 e. The summed E-state index contributed by atoms with van der Waals surface area (Å²) in [7, 11) is 0. The Morgan fingerprint density at radius 1 is 1.04 bits per heavy atom. The summed E-state index contributed by atoms with van der Waals surface area (Å²) < 4.78 is 0. The first-order chi connectivity index (χ1) is 22.5. The van der Waals surface area contributed by atoms with Crippen molar-refractivity contribution in [1.82, 2.24) is 19.8 Å². The minimum Gasteiger partial charge on any atom is -0.384 e. The smallest absolute Gasteiger partial charge is 0.224 e. The fourth-order valence-electron chi connectivity index (χ4n) is 9.96. The van der Waals surface area contributed by atoms with Crippen molar-refractivity contribution in [3.05, 3.63) is 66.5 Å². The molecule has 2 fully saturated rings. The first-order valence-corrected chi connectivity index (χ1v) is 17.9. The summed E-state index contributed by atoms with van der Waals surface area (Å²) in [5.41, 5.74) is 4.08. The molecule has 46 heavy (non-hydrogen) atoms. The number of piperidine rings is 1. The third-order valence-corrected chi connectivity index (χ3v) is 11.9. The Morgan fingerprint density at radius 2 is 1.89 bits per heavy atom. The van der Waals surface area contributed by atoms with Gasteiger partial charge in [0.05, 0.1) is 22.9 Å². The highest BCUT2D eigenvalue weighted by atomic mass is 16.3. The van der Waals surface area contributed by atoms with Crippen LogP contribution in [0.25, 0.3) is 27.4 Å². The molecule has 6 atom stereocenters. The molecule has 242 valence electrons. The van der Waals surface area contributed by atoms with E-state index >= 15 is 0 Å². The van der Waals surface area contributed by atoms with Crippen LogP contribution in [0, 0.1) is 11.3 Å². The van der Waals surface area contributed by atoms with Crippen LogP contribution in [-0.4, -0.2) is 74.6 Å². The molecule has 3 aromatic rings. The van der Waals surface area contributed by atoms with E-state index in [1.807, 2.05) is 19.2 Å². The van der Waals surface area contributed by atoms with Gasteiger partial charge in [-0.3, -0.25) is 14.7 Å². The summed E-state index contributed by atoms with van der Waals surface area (Å²) in [5, 5.41) is 18.4. The highest BCUT2D eigenvalue weighted by molar-refractivity contribution is 6.11. The lowest BCUT2D eigenvalue weighted by Crippen LogP contribution is -2.65. The van der Waals surface area contributed by atoms with Gasteiger partial charge in [0, 0.05) is 52.6 Å². The quantitative estimate of drug-likeness (QED) is 0.270. The fourth-order valence-corrected chi connectivity index (χ4v) is 9.96. The van der Waals surface area contributed by atoms with Crippen LogP contribution in [0.2, 0.25) is 0 Å². The monoisotopic (exact) mass is 619 g/mol. The van der Waals surface area contributed by atoms with Crippen LogP contribution >= 0.6 is 0 Å². The molecule has 1 spiro atoms. The third-order valence-electron chi connectivity index (χ3n) is 11.9. The van der Waals surface area contributed by atoms with E-state index in [-0.39, 0.29) is 17.4 Å². The number of nitrogens with one attached hydrogen (secondary N) is 2. The number of rotatable bonds is 3. The number of carbonyl (C=O) groups excluding carboxylic acids is 1. The van der Waals surface area contributed by atoms with Gasteiger partial charge >= 0.3 is 0 Å². The average Bonchev–Trinajstić information content (AvgIpc) is 3.56. The highest BCUT2D eigenvalue weighted by Gasteiger charge is 2.65. The SMILES string of the molecule is CCC(=O)Nc1ccc2[nH]c3c(C4=C[C@@]5(O)CC/C=C\CCCCN6CC[C@@H]4[C@]4(C[C@@H]7/C=C\CCCCN7[C@H]45)C6)nccc3c2c1. The van der Waals surface area contributed by atoms with Crippen molar-refractivity contribution in [3.8, 4) is 0 Å². The van der Waals surface area contributed by atoms with Crippen LogP contribution < -0.4 is 5.32 Å². The van der Waals surface area contributed by atoms with Gasteiger partial charge in [0.2, 0.25) is 5.91 Å². The second-order valence-electron chi connectivity index (χ2n) is 14.7. The molecular weight excluding hydrogens is 570 g/mol. The van der Waals surface area contributed by atoms with Crippen molar-refractivity contribution >= 4 is 39.0 Å². The van der Waals surface area contributed by atoms with Crippen molar-refractivity contribution in [3.63, 3.8) is 0 Å². The average molecular weight is 620 g/mol. The number of carbonyl (C=O) groups is 1. The van der Waals surface area contributed by atoms with E-state index in [2.05, 4.69) is 68.7 Å². The lowest BCUT2D eigenvalue weighted by molar-refractivity contribution is -0.115. The molecule has 1 amide bonds. The summed E-state index contributed by atoms with van der Waals surface area (Å²) in [5.74, 6) is 0.332. The maximum absolute atomic E-state index is 13.2. The number of allylic oxidation sites excluding steroid dienone is 4. The number of fused-ring (bicyclic) bond motifs is 5. The van der Waals surface area contributed by atoms with Gasteiger partial charge in [-0.15, -0.1) is 0 Å². The Morgan fingerprint density at radius 3 is 2.78 bits per heavy atom. The molecule has 3 bridgehead atoms. The van der Waals surface area contributed by atoms with E-state index < -0.39 is 5.60 Å². The number of H-pyrrole nitrogens is 1. The number of hydrogen-bond donors (Lipinski definition) is 3. The summed E-state index contributed by atoms with van der Waals surface area (Å²) >= 11 is 0. The van der Waals surface area contributed by atoms with Gasteiger partial charge in [0.1, 0.15) is 0 Å². The zero-order valence-corrected chi connectivity index (χ0v) is 27.3. The molecule has 2 aromatic heterocycles. The molecule has 1 unspecified atom stereocenters. The van der Waals surface area contributed by atoms with Crippen LogP contribution in [0.15, 0.2) is 60.8 Å². The summed E-state index contributed by atoms with van der Waals surface area (Å²) in [6, 6.07) is 8.66. The standard InChI is InChI=1S/C39H49N5O2/c1-2-34(45)41-27-14-15-33-30(23-27)29-16-19-40-35(36(29)42-33)31-25-39(46)18-10-6-3-4-7-11-20-43-22-17-32(31)38(26-43)24-28-13-9-5-8-12-21-44(28)37(38)39/h3,6,9,13-16,19,23,25,28,32,37,42,46H,2,4-5,7-8,10-12,17-18,20-22,24,26H2,1H3,(H,41,45)/b6-3-,13-9-/t28-,32-,37+,38-,39-/m0/s1. The van der Waals surface area contributed by atoms with E-state index in [0.717, 1.165) is 97.9 Å². The summed E-state index contributed by atoms with van der Waals surface area (Å²) in [6.45, 7) is 6.20. The van der Waals surface area contributed by atoms with Gasteiger partial charge in [-0.1, -0.05) is 31.2 Å². The van der Waals surface area contributed by atoms with Crippen LogP contribution in [0.4, 0.5) is 5.69 Å². The third kappa shape index (κ3) is 5.06. The lowest BCUT2D eigenvalue weighted by Gasteiger charge is -2.58. The Kier molecular flexibility index (Phi) is 7.90. The van der Waals surface area contributed by atoms with Crippen molar-refractivity contribution in [2.24, 2.45) is 11.3 Å². The van der Waals surface area contributed by atoms with E-state index in [4.69, 9.17) is 4.98 Å². The van der Waals surface area contributed by atoms with E-state index in [1.54, 1.807) is 0 Å². The highest BCUT2D eigenvalue weighted by Crippen LogP contribution is 2.61. The topological polar surface area (TPSA) is 84.5 Å². The number of benzene rings is 1. The molecule has 5 aliphatic rings. The molecule has 2 saturated heterocycles. The molecule has 3 N–H and O–H groups in total. The number of hydrogen-bond acceptors (Lipinski definition) is 5. The van der Waals surface area contributed by atoms with Crippen LogP contribution in [0.1, 0.15) is 83.2 Å². The number of aliphatic hydroxyl groups is 1. The molecule has 0 radical (unpaired) electrons. The van der Waals surface area contributed by atoms with Crippen LogP contribution in [0.3, 0.4) is 0 Å². The van der Waals surface area contributed by atoms with E-state index in [9.17, 15) is 9.90 Å². The van der Waals surface area contributed by atoms with Crippen molar-refractivity contribution in [1.29, 1.82) is 0 Å². The molecule has 0 saturated carbocycles. The van der Waals surface area contributed by atoms with Gasteiger partial charge < -0.3 is 20.3 Å². The van der Waals surface area contributed by atoms with Gasteiger partial charge in [-0.25, -0.2) is 0 Å². The predicted octanol–water partition coefficient (Wildman–Crippen LogP) is 7.20. The Hall–Kier alpha value is -3.26. The molecule has 6 heterocycles. The molecule has 1 aliphatic carbocycles. The number of amides is 1. The van der Waals surface area contributed by atoms with Crippen molar-refractivity contribution in [2.45, 2.75) is 95.2 Å². The van der Waals surface area contributed by atoms with Crippen molar-refractivity contribution in [2.75, 3.05) is 31.5 Å². The first kappa shape index (κ1) is 30.1. The van der Waals surface area contributed by atoms with E-state index in [0.29, 0.717) is 18.4 Å².